The second-order valence-corrected chi connectivity index (χ2v) is 7.43. The molecule has 27 heavy (non-hydrogen) atoms. The van der Waals surface area contributed by atoms with E-state index < -0.39 is 6.10 Å². The summed E-state index contributed by atoms with van der Waals surface area (Å²) in [5, 5.41) is 12.7. The second-order valence-electron chi connectivity index (χ2n) is 6.52. The minimum atomic E-state index is -0.610. The van der Waals surface area contributed by atoms with Crippen LogP contribution in [-0.2, 0) is 4.79 Å². The molecule has 1 aliphatic heterocycles. The van der Waals surface area contributed by atoms with E-state index in [1.807, 2.05) is 0 Å². The van der Waals surface area contributed by atoms with Crippen molar-refractivity contribution in [1.82, 2.24) is 10.2 Å². The first kappa shape index (κ1) is 19.5. The molecule has 0 aromatic heterocycles. The lowest BCUT2D eigenvalue weighted by Gasteiger charge is -2.25. The Balaban J connectivity index is 1.56. The predicted octanol–water partition coefficient (Wildman–Crippen LogP) is 3.04. The Bertz CT molecular complexity index is 811. The maximum atomic E-state index is 13.1. The van der Waals surface area contributed by atoms with E-state index in [9.17, 15) is 19.1 Å². The van der Waals surface area contributed by atoms with E-state index in [0.717, 1.165) is 10.0 Å². The van der Waals surface area contributed by atoms with Crippen molar-refractivity contribution in [2.75, 3.05) is 13.1 Å². The Morgan fingerprint density at radius 2 is 1.81 bits per heavy atom. The van der Waals surface area contributed by atoms with E-state index >= 15 is 0 Å². The average Bonchev–Trinajstić information content (AvgIpc) is 3.04. The number of hydrogen-bond donors (Lipinski definition) is 2. The van der Waals surface area contributed by atoms with E-state index in [1.54, 1.807) is 41.3 Å². The summed E-state index contributed by atoms with van der Waals surface area (Å²) in [5.41, 5.74) is 1.31. The molecule has 2 aromatic rings. The third kappa shape index (κ3) is 4.93. The maximum absolute atomic E-state index is 13.1. The zero-order valence-electron chi connectivity index (χ0n) is 14.6. The number of aliphatic hydroxyl groups excluding tert-OH is 1. The summed E-state index contributed by atoms with van der Waals surface area (Å²) < 4.78 is 14.0. The van der Waals surface area contributed by atoms with Crippen LogP contribution in [0.25, 0.3) is 0 Å². The molecule has 0 aliphatic carbocycles. The van der Waals surface area contributed by atoms with Crippen molar-refractivity contribution in [2.24, 2.45) is 0 Å². The molecule has 3 rings (SSSR count). The highest BCUT2D eigenvalue weighted by molar-refractivity contribution is 9.10. The number of rotatable bonds is 5. The fourth-order valence-corrected chi connectivity index (χ4v) is 3.48. The average molecular weight is 435 g/mol. The Kier molecular flexibility index (Phi) is 6.23. The summed E-state index contributed by atoms with van der Waals surface area (Å²) in [6.07, 6.45) is -0.0590. The molecule has 0 bridgehead atoms. The van der Waals surface area contributed by atoms with E-state index in [0.29, 0.717) is 12.0 Å². The standard InChI is InChI=1S/C20H20BrFN2O3/c21-15-5-1-14(2-6-15)20(27)23-10-9-19(26)24-12-17(25)11-18(24)13-3-7-16(22)8-4-13/h1-8,17-18,25H,9-12H2,(H,23,27)/t17-,18-/m0/s1. The van der Waals surface area contributed by atoms with Crippen LogP contribution in [0, 0.1) is 5.82 Å². The van der Waals surface area contributed by atoms with Crippen molar-refractivity contribution in [3.8, 4) is 0 Å². The van der Waals surface area contributed by atoms with Gasteiger partial charge in [0.25, 0.3) is 5.91 Å². The Labute approximate surface area is 165 Å². The number of carbonyl (C=O) groups is 2. The summed E-state index contributed by atoms with van der Waals surface area (Å²) in [6, 6.07) is 12.6. The van der Waals surface area contributed by atoms with Crippen molar-refractivity contribution < 1.29 is 19.1 Å². The molecular weight excluding hydrogens is 415 g/mol. The third-order valence-electron chi connectivity index (χ3n) is 4.58. The molecule has 2 aromatic carbocycles. The monoisotopic (exact) mass is 434 g/mol. The fraction of sp³-hybridized carbons (Fsp3) is 0.300. The molecule has 2 N–H and O–H groups in total. The normalized spacial score (nSPS) is 19.1. The first-order valence-corrected chi connectivity index (χ1v) is 9.50. The van der Waals surface area contributed by atoms with Crippen LogP contribution in [0.4, 0.5) is 4.39 Å². The topological polar surface area (TPSA) is 69.6 Å². The SMILES string of the molecule is O=C(NCCC(=O)N1C[C@@H](O)C[C@H]1c1ccc(F)cc1)c1ccc(Br)cc1. The van der Waals surface area contributed by atoms with Crippen molar-refractivity contribution in [1.29, 1.82) is 0 Å². The zero-order chi connectivity index (χ0) is 19.4. The van der Waals surface area contributed by atoms with Crippen LogP contribution in [0.5, 0.6) is 0 Å². The number of halogens is 2. The van der Waals surface area contributed by atoms with Gasteiger partial charge in [-0.25, -0.2) is 4.39 Å². The lowest BCUT2D eigenvalue weighted by Crippen LogP contribution is -2.35. The number of nitrogens with one attached hydrogen (secondary N) is 1. The summed E-state index contributed by atoms with van der Waals surface area (Å²) >= 11 is 3.31. The van der Waals surface area contributed by atoms with E-state index in [1.165, 1.54) is 12.1 Å². The van der Waals surface area contributed by atoms with Crippen LogP contribution < -0.4 is 5.32 Å². The number of aliphatic hydroxyl groups is 1. The van der Waals surface area contributed by atoms with Gasteiger partial charge >= 0.3 is 0 Å². The molecule has 7 heteroatoms. The molecule has 0 spiro atoms. The Hall–Kier alpha value is -2.25. The molecule has 1 aliphatic rings. The largest absolute Gasteiger partial charge is 0.391 e. The lowest BCUT2D eigenvalue weighted by molar-refractivity contribution is -0.132. The van der Waals surface area contributed by atoms with Gasteiger partial charge in [0, 0.05) is 29.5 Å². The molecule has 5 nitrogen and oxygen atoms in total. The molecule has 0 unspecified atom stereocenters. The maximum Gasteiger partial charge on any atom is 0.251 e. The summed E-state index contributed by atoms with van der Waals surface area (Å²) in [4.78, 5) is 26.3. The van der Waals surface area contributed by atoms with Gasteiger partial charge in [-0.15, -0.1) is 0 Å². The lowest BCUT2D eigenvalue weighted by atomic mass is 10.0. The van der Waals surface area contributed by atoms with Gasteiger partial charge in [0.05, 0.1) is 12.1 Å². The number of amides is 2. The number of carbonyl (C=O) groups excluding carboxylic acids is 2. The van der Waals surface area contributed by atoms with Crippen LogP contribution in [0.15, 0.2) is 53.0 Å². The van der Waals surface area contributed by atoms with Gasteiger partial charge in [0.15, 0.2) is 0 Å². The van der Waals surface area contributed by atoms with Crippen molar-refractivity contribution in [2.45, 2.75) is 25.0 Å². The van der Waals surface area contributed by atoms with Gasteiger partial charge in [-0.05, 0) is 48.4 Å². The van der Waals surface area contributed by atoms with Gasteiger partial charge in [-0.2, -0.15) is 0 Å². The summed E-state index contributed by atoms with van der Waals surface area (Å²) in [7, 11) is 0. The second kappa shape index (κ2) is 8.63. The molecular formula is C20H20BrFN2O3. The van der Waals surface area contributed by atoms with Crippen LogP contribution in [0.1, 0.15) is 34.8 Å². The Morgan fingerprint density at radius 1 is 1.15 bits per heavy atom. The van der Waals surface area contributed by atoms with Gasteiger partial charge in [-0.1, -0.05) is 28.1 Å². The number of benzene rings is 2. The quantitative estimate of drug-likeness (QED) is 0.759. The zero-order valence-corrected chi connectivity index (χ0v) is 16.2. The highest BCUT2D eigenvalue weighted by Gasteiger charge is 2.34. The molecule has 2 amide bonds. The van der Waals surface area contributed by atoms with Gasteiger partial charge in [-0.3, -0.25) is 9.59 Å². The number of nitrogens with zero attached hydrogens (tertiary/aromatic N) is 1. The number of hydrogen-bond acceptors (Lipinski definition) is 3. The van der Waals surface area contributed by atoms with Crippen LogP contribution in [-0.4, -0.2) is 41.0 Å². The smallest absolute Gasteiger partial charge is 0.251 e. The van der Waals surface area contributed by atoms with E-state index in [-0.39, 0.29) is 43.2 Å². The minimum absolute atomic E-state index is 0.132. The van der Waals surface area contributed by atoms with E-state index in [4.69, 9.17) is 0 Å². The highest BCUT2D eigenvalue weighted by atomic mass is 79.9. The fourth-order valence-electron chi connectivity index (χ4n) is 3.22. The highest BCUT2D eigenvalue weighted by Crippen LogP contribution is 2.32. The van der Waals surface area contributed by atoms with Gasteiger partial charge in [0.2, 0.25) is 5.91 Å². The van der Waals surface area contributed by atoms with Crippen LogP contribution >= 0.6 is 15.9 Å². The molecule has 0 radical (unpaired) electrons. The van der Waals surface area contributed by atoms with Crippen molar-refractivity contribution in [3.05, 3.63) is 69.9 Å². The number of likely N-dealkylation sites (tertiary alicyclic amines) is 1. The van der Waals surface area contributed by atoms with E-state index in [2.05, 4.69) is 21.2 Å². The van der Waals surface area contributed by atoms with Crippen LogP contribution in [0.3, 0.4) is 0 Å². The Morgan fingerprint density at radius 3 is 2.48 bits per heavy atom. The third-order valence-corrected chi connectivity index (χ3v) is 5.11. The first-order valence-electron chi connectivity index (χ1n) is 8.71. The summed E-state index contributed by atoms with van der Waals surface area (Å²) in [5.74, 6) is -0.741. The molecule has 1 heterocycles. The number of β-amino-alcohol motifs (C(OH)–C–C–N with tert-alkyl or cyclic N) is 1. The molecule has 2 atom stereocenters. The van der Waals surface area contributed by atoms with Gasteiger partial charge < -0.3 is 15.3 Å². The van der Waals surface area contributed by atoms with Crippen molar-refractivity contribution in [3.63, 3.8) is 0 Å². The van der Waals surface area contributed by atoms with Gasteiger partial charge in [0.1, 0.15) is 5.82 Å². The molecule has 142 valence electrons. The first-order chi connectivity index (χ1) is 12.9. The van der Waals surface area contributed by atoms with Crippen LogP contribution in [0.2, 0.25) is 0 Å². The molecule has 1 saturated heterocycles. The molecule has 0 saturated carbocycles. The minimum Gasteiger partial charge on any atom is -0.391 e. The predicted molar refractivity (Wildman–Crippen MR) is 103 cm³/mol. The van der Waals surface area contributed by atoms with Crippen molar-refractivity contribution >= 4 is 27.7 Å². The summed E-state index contributed by atoms with van der Waals surface area (Å²) in [6.45, 7) is 0.442. The molecule has 1 fully saturated rings.